The molecule has 1 saturated heterocycles. The van der Waals surface area contributed by atoms with Crippen molar-refractivity contribution in [1.82, 2.24) is 19.7 Å². The molecule has 0 amide bonds. The Kier molecular flexibility index (Phi) is 4.43. The normalized spacial score (nSPS) is 15.4. The molecule has 0 bridgehead atoms. The fourth-order valence-corrected chi connectivity index (χ4v) is 4.22. The Hall–Kier alpha value is -2.36. The van der Waals surface area contributed by atoms with Gasteiger partial charge in [-0.05, 0) is 23.3 Å². The molecule has 0 radical (unpaired) electrons. The molecule has 1 aromatic carbocycles. The van der Waals surface area contributed by atoms with Crippen LogP contribution >= 0.6 is 11.8 Å². The first kappa shape index (κ1) is 16.1. The second kappa shape index (κ2) is 6.87. The number of aromatic nitrogens is 3. The lowest BCUT2D eigenvalue weighted by molar-refractivity contribution is 0.295. The van der Waals surface area contributed by atoms with Crippen molar-refractivity contribution in [2.45, 2.75) is 6.54 Å². The molecule has 5 nitrogen and oxygen atoms in total. The minimum atomic E-state index is 0.442. The summed E-state index contributed by atoms with van der Waals surface area (Å²) >= 11 is 2.02. The minimum absolute atomic E-state index is 0.442. The van der Waals surface area contributed by atoms with Crippen molar-refractivity contribution in [2.75, 3.05) is 24.6 Å². The predicted octanol–water partition coefficient (Wildman–Crippen LogP) is 3.06. The first-order valence-corrected chi connectivity index (χ1v) is 9.51. The highest BCUT2D eigenvalue weighted by Crippen LogP contribution is 2.29. The summed E-state index contributed by atoms with van der Waals surface area (Å²) in [6, 6.07) is 10.5. The molecule has 25 heavy (non-hydrogen) atoms. The maximum atomic E-state index is 9.36. The van der Waals surface area contributed by atoms with Gasteiger partial charge in [-0.15, -0.1) is 0 Å². The Bertz CT molecular complexity index is 950. The molecule has 1 aliphatic rings. The van der Waals surface area contributed by atoms with Crippen molar-refractivity contribution >= 4 is 22.7 Å². The van der Waals surface area contributed by atoms with Gasteiger partial charge in [0.2, 0.25) is 0 Å². The highest BCUT2D eigenvalue weighted by atomic mass is 32.2. The smallest absolute Gasteiger partial charge is 0.141 e. The summed E-state index contributed by atoms with van der Waals surface area (Å²) in [7, 11) is 1.90. The van der Waals surface area contributed by atoms with E-state index in [4.69, 9.17) is 0 Å². The van der Waals surface area contributed by atoms with Gasteiger partial charge in [0.05, 0.1) is 11.7 Å². The SMILES string of the molecule is Cn1cc(-c2cc(C#N)nc3cc(CN4CCSCC4)ccc23)cn1. The largest absolute Gasteiger partial charge is 0.297 e. The van der Waals surface area contributed by atoms with Crippen LogP contribution in [0.15, 0.2) is 36.7 Å². The van der Waals surface area contributed by atoms with Gasteiger partial charge < -0.3 is 0 Å². The van der Waals surface area contributed by atoms with Crippen molar-refractivity contribution in [3.05, 3.63) is 47.9 Å². The minimum Gasteiger partial charge on any atom is -0.297 e. The molecule has 126 valence electrons. The summed E-state index contributed by atoms with van der Waals surface area (Å²) in [6.45, 7) is 3.21. The van der Waals surface area contributed by atoms with Crippen LogP contribution in [0.2, 0.25) is 0 Å². The third-order valence-corrected chi connectivity index (χ3v) is 5.46. The zero-order valence-corrected chi connectivity index (χ0v) is 15.0. The average Bonchev–Trinajstić information content (AvgIpc) is 3.07. The Morgan fingerprint density at radius 3 is 2.80 bits per heavy atom. The van der Waals surface area contributed by atoms with E-state index >= 15 is 0 Å². The van der Waals surface area contributed by atoms with E-state index in [-0.39, 0.29) is 0 Å². The van der Waals surface area contributed by atoms with Crippen LogP contribution in [-0.4, -0.2) is 44.3 Å². The second-order valence-electron chi connectivity index (χ2n) is 6.31. The van der Waals surface area contributed by atoms with E-state index in [1.54, 1.807) is 4.68 Å². The number of fused-ring (bicyclic) bond motifs is 1. The fraction of sp³-hybridized carbons (Fsp3) is 0.316. The Morgan fingerprint density at radius 1 is 1.24 bits per heavy atom. The molecular formula is C19H19N5S. The van der Waals surface area contributed by atoms with Gasteiger partial charge in [-0.3, -0.25) is 9.58 Å². The van der Waals surface area contributed by atoms with Crippen molar-refractivity contribution in [2.24, 2.45) is 7.05 Å². The average molecular weight is 349 g/mol. The zero-order valence-electron chi connectivity index (χ0n) is 14.1. The topological polar surface area (TPSA) is 57.7 Å². The summed E-state index contributed by atoms with van der Waals surface area (Å²) in [6.07, 6.45) is 3.80. The third kappa shape index (κ3) is 3.39. The Morgan fingerprint density at radius 2 is 2.08 bits per heavy atom. The van der Waals surface area contributed by atoms with Gasteiger partial charge >= 0.3 is 0 Å². The summed E-state index contributed by atoms with van der Waals surface area (Å²) in [5.74, 6) is 2.41. The summed E-state index contributed by atoms with van der Waals surface area (Å²) < 4.78 is 1.77. The van der Waals surface area contributed by atoms with Crippen LogP contribution in [0.5, 0.6) is 0 Å². The second-order valence-corrected chi connectivity index (χ2v) is 7.53. The van der Waals surface area contributed by atoms with Gasteiger partial charge in [-0.2, -0.15) is 22.1 Å². The lowest BCUT2D eigenvalue weighted by atomic mass is 10.0. The van der Waals surface area contributed by atoms with Gasteiger partial charge in [0.15, 0.2) is 0 Å². The molecule has 1 aliphatic heterocycles. The van der Waals surface area contributed by atoms with Gasteiger partial charge in [-0.1, -0.05) is 12.1 Å². The highest BCUT2D eigenvalue weighted by molar-refractivity contribution is 7.99. The van der Waals surface area contributed by atoms with E-state index in [2.05, 4.69) is 39.3 Å². The van der Waals surface area contributed by atoms with Gasteiger partial charge in [-0.25, -0.2) is 4.98 Å². The molecule has 0 aliphatic carbocycles. The van der Waals surface area contributed by atoms with Crippen molar-refractivity contribution in [1.29, 1.82) is 5.26 Å². The monoisotopic (exact) mass is 349 g/mol. The summed E-state index contributed by atoms with van der Waals surface area (Å²) in [4.78, 5) is 7.01. The molecule has 0 spiro atoms. The van der Waals surface area contributed by atoms with Crippen molar-refractivity contribution in [3.63, 3.8) is 0 Å². The molecule has 3 heterocycles. The lowest BCUT2D eigenvalue weighted by Crippen LogP contribution is -2.31. The zero-order chi connectivity index (χ0) is 17.2. The number of benzene rings is 1. The standard InChI is InChI=1S/C19H19N5S/c1-23-13-15(11-21-23)18-9-16(10-20)22-19-8-14(2-3-17(18)19)12-24-4-6-25-7-5-24/h2-3,8-9,11,13H,4-7,12H2,1H3. The molecule has 1 fully saturated rings. The number of rotatable bonds is 3. The number of nitrogens with zero attached hydrogens (tertiary/aromatic N) is 5. The quantitative estimate of drug-likeness (QED) is 0.727. The van der Waals surface area contributed by atoms with E-state index in [0.717, 1.165) is 41.7 Å². The Labute approximate surface area is 151 Å². The molecule has 2 aromatic heterocycles. The Balaban J connectivity index is 1.75. The molecule has 0 N–H and O–H groups in total. The lowest BCUT2D eigenvalue weighted by Gasteiger charge is -2.26. The number of pyridine rings is 1. The number of nitriles is 1. The van der Waals surface area contributed by atoms with E-state index in [1.807, 2.05) is 37.3 Å². The van der Waals surface area contributed by atoms with Crippen LogP contribution in [0.1, 0.15) is 11.3 Å². The molecule has 0 unspecified atom stereocenters. The molecule has 6 heteroatoms. The van der Waals surface area contributed by atoms with Crippen LogP contribution in [0.3, 0.4) is 0 Å². The van der Waals surface area contributed by atoms with Gasteiger partial charge in [0, 0.05) is 55.3 Å². The molecular weight excluding hydrogens is 330 g/mol. The number of thioether (sulfide) groups is 1. The van der Waals surface area contributed by atoms with E-state index < -0.39 is 0 Å². The number of hydrogen-bond donors (Lipinski definition) is 0. The van der Waals surface area contributed by atoms with Gasteiger partial charge in [0.1, 0.15) is 11.8 Å². The highest BCUT2D eigenvalue weighted by Gasteiger charge is 2.13. The van der Waals surface area contributed by atoms with Crippen molar-refractivity contribution < 1.29 is 0 Å². The maximum absolute atomic E-state index is 9.36. The van der Waals surface area contributed by atoms with Gasteiger partial charge in [0.25, 0.3) is 0 Å². The number of aryl methyl sites for hydroxylation is 1. The van der Waals surface area contributed by atoms with E-state index in [0.29, 0.717) is 5.69 Å². The van der Waals surface area contributed by atoms with Crippen LogP contribution in [0, 0.1) is 11.3 Å². The molecule has 0 atom stereocenters. The fourth-order valence-electron chi connectivity index (χ4n) is 3.25. The first-order valence-electron chi connectivity index (χ1n) is 8.36. The van der Waals surface area contributed by atoms with Crippen molar-refractivity contribution in [3.8, 4) is 17.2 Å². The van der Waals surface area contributed by atoms with Crippen LogP contribution < -0.4 is 0 Å². The van der Waals surface area contributed by atoms with Crippen LogP contribution in [0.25, 0.3) is 22.0 Å². The third-order valence-electron chi connectivity index (χ3n) is 4.51. The number of hydrogen-bond acceptors (Lipinski definition) is 5. The predicted molar refractivity (Wildman–Crippen MR) is 101 cm³/mol. The molecule has 3 aromatic rings. The molecule has 4 rings (SSSR count). The van der Waals surface area contributed by atoms with E-state index in [1.165, 1.54) is 17.1 Å². The summed E-state index contributed by atoms with van der Waals surface area (Å²) in [5, 5.41) is 14.7. The van der Waals surface area contributed by atoms with Crippen LogP contribution in [0.4, 0.5) is 0 Å². The molecule has 0 saturated carbocycles. The first-order chi connectivity index (χ1) is 12.2. The van der Waals surface area contributed by atoms with E-state index in [9.17, 15) is 5.26 Å². The summed E-state index contributed by atoms with van der Waals surface area (Å²) in [5.41, 5.74) is 4.58. The van der Waals surface area contributed by atoms with Crippen LogP contribution in [-0.2, 0) is 13.6 Å². The maximum Gasteiger partial charge on any atom is 0.141 e.